The molecule has 1 N–H and O–H groups in total. The number of carbonyl (C=O) groups excluding carboxylic acids is 1. The topological polar surface area (TPSA) is 42.0 Å². The van der Waals surface area contributed by atoms with Gasteiger partial charge < -0.3 is 5.32 Å². The molecule has 1 aliphatic carbocycles. The summed E-state index contributed by atoms with van der Waals surface area (Å²) >= 11 is 1.24. The molecule has 1 aromatic heterocycles. The third kappa shape index (κ3) is 4.13. The molecule has 0 radical (unpaired) electrons. The fraction of sp³-hybridized carbons (Fsp3) is 0.412. The molecule has 1 aromatic carbocycles. The molecule has 6 heteroatoms. The van der Waals surface area contributed by atoms with Crippen LogP contribution in [0.25, 0.3) is 11.3 Å². The van der Waals surface area contributed by atoms with E-state index in [2.05, 4.69) is 10.3 Å². The van der Waals surface area contributed by atoms with Gasteiger partial charge in [0.15, 0.2) is 5.13 Å². The molecule has 1 heterocycles. The summed E-state index contributed by atoms with van der Waals surface area (Å²) in [4.78, 5) is 16.2. The lowest BCUT2D eigenvalue weighted by Crippen LogP contribution is -2.12. The smallest absolute Gasteiger partial charge is 0.226 e. The van der Waals surface area contributed by atoms with Crippen LogP contribution < -0.4 is 5.32 Å². The fourth-order valence-corrected chi connectivity index (χ4v) is 3.69. The van der Waals surface area contributed by atoms with Gasteiger partial charge in [-0.2, -0.15) is 0 Å². The van der Waals surface area contributed by atoms with Crippen molar-refractivity contribution in [1.82, 2.24) is 4.98 Å². The van der Waals surface area contributed by atoms with Gasteiger partial charge in [0.1, 0.15) is 11.6 Å². The lowest BCUT2D eigenvalue weighted by Gasteiger charge is -2.07. The predicted molar refractivity (Wildman–Crippen MR) is 87.3 cm³/mol. The van der Waals surface area contributed by atoms with Crippen molar-refractivity contribution >= 4 is 22.4 Å². The summed E-state index contributed by atoms with van der Waals surface area (Å²) in [6.07, 6.45) is 6.38. The van der Waals surface area contributed by atoms with Gasteiger partial charge in [-0.15, -0.1) is 11.3 Å². The maximum absolute atomic E-state index is 13.7. The molecular formula is C17H18F2N2OS. The number of anilines is 1. The Morgan fingerprint density at radius 2 is 2.09 bits per heavy atom. The molecule has 0 atom stereocenters. The zero-order valence-electron chi connectivity index (χ0n) is 12.6. The molecule has 3 nitrogen and oxygen atoms in total. The van der Waals surface area contributed by atoms with E-state index in [1.807, 2.05) is 0 Å². The van der Waals surface area contributed by atoms with Gasteiger partial charge >= 0.3 is 0 Å². The number of aromatic nitrogens is 1. The minimum absolute atomic E-state index is 0.0580. The van der Waals surface area contributed by atoms with Crippen LogP contribution in [0.2, 0.25) is 0 Å². The van der Waals surface area contributed by atoms with E-state index in [-0.39, 0.29) is 11.5 Å². The summed E-state index contributed by atoms with van der Waals surface area (Å²) in [5.74, 6) is -0.672. The number of thiazole rings is 1. The molecule has 0 unspecified atom stereocenters. The molecule has 23 heavy (non-hydrogen) atoms. The first-order valence-corrected chi connectivity index (χ1v) is 8.70. The van der Waals surface area contributed by atoms with Gasteiger partial charge in [-0.25, -0.2) is 13.8 Å². The minimum Gasteiger partial charge on any atom is -0.302 e. The third-order valence-electron chi connectivity index (χ3n) is 4.21. The molecule has 0 bridgehead atoms. The predicted octanol–water partition coefficient (Wildman–Crippen LogP) is 5.00. The average Bonchev–Trinajstić information content (AvgIpc) is 3.17. The van der Waals surface area contributed by atoms with E-state index in [0.717, 1.165) is 12.5 Å². The van der Waals surface area contributed by atoms with Crippen molar-refractivity contribution in [3.8, 4) is 11.3 Å². The Morgan fingerprint density at radius 3 is 2.83 bits per heavy atom. The van der Waals surface area contributed by atoms with E-state index in [1.54, 1.807) is 5.38 Å². The monoisotopic (exact) mass is 336 g/mol. The van der Waals surface area contributed by atoms with Crippen LogP contribution in [-0.4, -0.2) is 10.9 Å². The van der Waals surface area contributed by atoms with Crippen molar-refractivity contribution in [2.24, 2.45) is 5.92 Å². The molecule has 2 aromatic rings. The summed E-state index contributed by atoms with van der Waals surface area (Å²) in [7, 11) is 0. The van der Waals surface area contributed by atoms with E-state index < -0.39 is 11.6 Å². The van der Waals surface area contributed by atoms with Crippen molar-refractivity contribution in [1.29, 1.82) is 0 Å². The van der Waals surface area contributed by atoms with Crippen LogP contribution in [0, 0.1) is 17.6 Å². The van der Waals surface area contributed by atoms with E-state index >= 15 is 0 Å². The standard InChI is InChI=1S/C17H18F2N2OS/c18-12-6-7-13(14(19)9-12)15-10-23-17(20-15)21-16(22)8-5-11-3-1-2-4-11/h6-7,9-11H,1-5,8H2,(H,20,21,22). The van der Waals surface area contributed by atoms with Crippen molar-refractivity contribution < 1.29 is 13.6 Å². The Bertz CT molecular complexity index is 696. The summed E-state index contributed by atoms with van der Waals surface area (Å²) in [6, 6.07) is 3.37. The molecule has 1 saturated carbocycles. The lowest BCUT2D eigenvalue weighted by atomic mass is 10.0. The number of hydrogen-bond acceptors (Lipinski definition) is 3. The number of benzene rings is 1. The number of nitrogens with zero attached hydrogens (tertiary/aromatic N) is 1. The number of rotatable bonds is 5. The molecule has 0 spiro atoms. The van der Waals surface area contributed by atoms with Gasteiger partial charge in [0, 0.05) is 23.4 Å². The Kier molecular flexibility index (Phi) is 5.00. The number of halogens is 2. The molecule has 0 aliphatic heterocycles. The van der Waals surface area contributed by atoms with Crippen LogP contribution in [0.3, 0.4) is 0 Å². The Labute approximate surface area is 137 Å². The zero-order valence-corrected chi connectivity index (χ0v) is 13.5. The first-order chi connectivity index (χ1) is 11.1. The summed E-state index contributed by atoms with van der Waals surface area (Å²) < 4.78 is 26.7. The Hall–Kier alpha value is -1.82. The van der Waals surface area contributed by atoms with Crippen LogP contribution in [0.1, 0.15) is 38.5 Å². The second-order valence-corrected chi connectivity index (χ2v) is 6.76. The molecular weight excluding hydrogens is 318 g/mol. The van der Waals surface area contributed by atoms with Crippen molar-refractivity contribution in [3.05, 3.63) is 35.2 Å². The van der Waals surface area contributed by atoms with Gasteiger partial charge in [0.05, 0.1) is 5.69 Å². The fourth-order valence-electron chi connectivity index (χ4n) is 2.97. The minimum atomic E-state index is -0.658. The van der Waals surface area contributed by atoms with E-state index in [4.69, 9.17) is 0 Å². The van der Waals surface area contributed by atoms with Gasteiger partial charge in [0.2, 0.25) is 5.91 Å². The summed E-state index contributed by atoms with van der Waals surface area (Å²) in [5.41, 5.74) is 0.632. The maximum atomic E-state index is 13.7. The highest BCUT2D eigenvalue weighted by Gasteiger charge is 2.17. The van der Waals surface area contributed by atoms with Crippen LogP contribution in [-0.2, 0) is 4.79 Å². The van der Waals surface area contributed by atoms with E-state index in [1.165, 1.54) is 49.2 Å². The third-order valence-corrected chi connectivity index (χ3v) is 4.97. The second kappa shape index (κ2) is 7.17. The van der Waals surface area contributed by atoms with Crippen LogP contribution >= 0.6 is 11.3 Å². The Balaban J connectivity index is 1.59. The number of amides is 1. The highest BCUT2D eigenvalue weighted by Crippen LogP contribution is 2.30. The quantitative estimate of drug-likeness (QED) is 0.835. The van der Waals surface area contributed by atoms with Crippen LogP contribution in [0.5, 0.6) is 0 Å². The average molecular weight is 336 g/mol. The number of hydrogen-bond donors (Lipinski definition) is 1. The zero-order chi connectivity index (χ0) is 16.2. The highest BCUT2D eigenvalue weighted by atomic mass is 32.1. The second-order valence-electron chi connectivity index (χ2n) is 5.90. The van der Waals surface area contributed by atoms with Gasteiger partial charge in [-0.3, -0.25) is 4.79 Å². The molecule has 3 rings (SSSR count). The first kappa shape index (κ1) is 16.1. The molecule has 122 valence electrons. The maximum Gasteiger partial charge on any atom is 0.226 e. The summed E-state index contributed by atoms with van der Waals surface area (Å²) in [5, 5.41) is 4.86. The van der Waals surface area contributed by atoms with Crippen molar-refractivity contribution in [3.63, 3.8) is 0 Å². The van der Waals surface area contributed by atoms with E-state index in [9.17, 15) is 13.6 Å². The normalized spacial score (nSPS) is 15.0. The van der Waals surface area contributed by atoms with Crippen molar-refractivity contribution in [2.75, 3.05) is 5.32 Å². The van der Waals surface area contributed by atoms with Gasteiger partial charge in [0.25, 0.3) is 0 Å². The van der Waals surface area contributed by atoms with E-state index in [0.29, 0.717) is 23.2 Å². The number of carbonyl (C=O) groups is 1. The molecule has 1 fully saturated rings. The first-order valence-electron chi connectivity index (χ1n) is 7.82. The molecule has 0 saturated heterocycles. The largest absolute Gasteiger partial charge is 0.302 e. The van der Waals surface area contributed by atoms with Gasteiger partial charge in [-0.1, -0.05) is 25.7 Å². The van der Waals surface area contributed by atoms with Crippen LogP contribution in [0.4, 0.5) is 13.9 Å². The lowest BCUT2D eigenvalue weighted by molar-refractivity contribution is -0.116. The van der Waals surface area contributed by atoms with Crippen LogP contribution in [0.15, 0.2) is 23.6 Å². The SMILES string of the molecule is O=C(CCC1CCCC1)Nc1nc(-c2ccc(F)cc2F)cs1. The Morgan fingerprint density at radius 1 is 1.30 bits per heavy atom. The van der Waals surface area contributed by atoms with Crippen molar-refractivity contribution in [2.45, 2.75) is 38.5 Å². The highest BCUT2D eigenvalue weighted by molar-refractivity contribution is 7.14. The molecule has 1 amide bonds. The molecule has 1 aliphatic rings. The van der Waals surface area contributed by atoms with Gasteiger partial charge in [-0.05, 0) is 24.5 Å². The number of nitrogens with one attached hydrogen (secondary N) is 1. The summed E-state index contributed by atoms with van der Waals surface area (Å²) in [6.45, 7) is 0.